The summed E-state index contributed by atoms with van der Waals surface area (Å²) in [7, 11) is 0. The van der Waals surface area contributed by atoms with Crippen LogP contribution in [-0.2, 0) is 4.79 Å². The molecular weight excluding hydrogens is 292 g/mol. The highest BCUT2D eigenvalue weighted by Crippen LogP contribution is 2.19. The predicted octanol–water partition coefficient (Wildman–Crippen LogP) is 1.52. The third-order valence-corrected chi connectivity index (χ3v) is 4.21. The first kappa shape index (κ1) is 15.3. The number of carbonyl (C=O) groups excluding carboxylic acids is 2. The molecule has 120 valence electrons. The number of rotatable bonds is 3. The van der Waals surface area contributed by atoms with Crippen LogP contribution in [0.4, 0.5) is 0 Å². The summed E-state index contributed by atoms with van der Waals surface area (Å²) in [6, 6.07) is 9.26. The lowest BCUT2D eigenvalue weighted by Crippen LogP contribution is -2.44. The van der Waals surface area contributed by atoms with Crippen LogP contribution < -0.4 is 5.73 Å². The number of carbonyl (C=O) groups is 2. The predicted molar refractivity (Wildman–Crippen MR) is 86.1 cm³/mol. The van der Waals surface area contributed by atoms with E-state index in [0.717, 1.165) is 24.2 Å². The number of aromatic nitrogens is 2. The molecule has 2 aromatic rings. The van der Waals surface area contributed by atoms with Gasteiger partial charge in [-0.25, -0.2) is 4.68 Å². The number of hydrogen-bond donors (Lipinski definition) is 1. The Hall–Kier alpha value is -2.63. The Morgan fingerprint density at radius 1 is 1.22 bits per heavy atom. The summed E-state index contributed by atoms with van der Waals surface area (Å²) in [5.74, 6) is -0.620. The fourth-order valence-electron chi connectivity index (χ4n) is 2.89. The average Bonchev–Trinajstić information content (AvgIpc) is 3.01. The normalized spacial score (nSPS) is 18.0. The van der Waals surface area contributed by atoms with Crippen LogP contribution in [0.25, 0.3) is 5.69 Å². The van der Waals surface area contributed by atoms with Gasteiger partial charge in [-0.2, -0.15) is 5.10 Å². The van der Waals surface area contributed by atoms with Gasteiger partial charge in [0.2, 0.25) is 5.91 Å². The summed E-state index contributed by atoms with van der Waals surface area (Å²) in [6.07, 6.45) is 3.45. The third kappa shape index (κ3) is 3.26. The Morgan fingerprint density at radius 3 is 2.57 bits per heavy atom. The van der Waals surface area contributed by atoms with Crippen LogP contribution in [0.2, 0.25) is 0 Å². The Bertz CT molecular complexity index is 720. The molecule has 0 unspecified atom stereocenters. The number of amides is 2. The molecule has 6 heteroatoms. The number of benzene rings is 1. The first-order valence-electron chi connectivity index (χ1n) is 7.76. The second-order valence-electron chi connectivity index (χ2n) is 5.94. The number of nitrogens with zero attached hydrogens (tertiary/aromatic N) is 3. The van der Waals surface area contributed by atoms with Gasteiger partial charge in [0.1, 0.15) is 0 Å². The first-order chi connectivity index (χ1) is 11.0. The highest BCUT2D eigenvalue weighted by atomic mass is 16.2. The molecule has 1 saturated heterocycles. The van der Waals surface area contributed by atoms with Crippen molar-refractivity contribution in [3.63, 3.8) is 0 Å². The lowest BCUT2D eigenvalue weighted by Gasteiger charge is -2.31. The summed E-state index contributed by atoms with van der Waals surface area (Å²) in [6.45, 7) is 3.01. The highest BCUT2D eigenvalue weighted by molar-refractivity contribution is 5.94. The smallest absolute Gasteiger partial charge is 0.253 e. The Balaban J connectivity index is 1.74. The van der Waals surface area contributed by atoms with E-state index in [1.165, 1.54) is 0 Å². The first-order valence-corrected chi connectivity index (χ1v) is 7.76. The van der Waals surface area contributed by atoms with Crippen molar-refractivity contribution in [1.82, 2.24) is 14.7 Å². The number of likely N-dealkylation sites (tertiary alicyclic amines) is 1. The van der Waals surface area contributed by atoms with Gasteiger partial charge in [0.05, 0.1) is 17.3 Å². The molecule has 3 rings (SSSR count). The van der Waals surface area contributed by atoms with Gasteiger partial charge in [-0.05, 0) is 50.1 Å². The standard InChI is InChI=1S/C17H20N4O2/c1-12-8-10-21(19-12)15-6-4-13(5-7-15)17(23)20-9-2-3-14(11-20)16(18)22/h4-8,10,14H,2-3,9,11H2,1H3,(H2,18,22)/t14-/m0/s1. The zero-order valence-electron chi connectivity index (χ0n) is 13.1. The number of hydrogen-bond acceptors (Lipinski definition) is 3. The van der Waals surface area contributed by atoms with E-state index >= 15 is 0 Å². The van der Waals surface area contributed by atoms with Crippen molar-refractivity contribution in [1.29, 1.82) is 0 Å². The van der Waals surface area contributed by atoms with Crippen molar-refractivity contribution in [3.8, 4) is 5.69 Å². The maximum Gasteiger partial charge on any atom is 0.253 e. The van der Waals surface area contributed by atoms with E-state index in [4.69, 9.17) is 5.73 Å². The second kappa shape index (κ2) is 6.24. The van der Waals surface area contributed by atoms with E-state index < -0.39 is 0 Å². The van der Waals surface area contributed by atoms with E-state index in [0.29, 0.717) is 18.7 Å². The van der Waals surface area contributed by atoms with Crippen LogP contribution in [0.5, 0.6) is 0 Å². The number of primary amides is 1. The molecular formula is C17H20N4O2. The molecule has 1 aromatic heterocycles. The number of piperidine rings is 1. The summed E-state index contributed by atoms with van der Waals surface area (Å²) in [5.41, 5.74) is 7.83. The summed E-state index contributed by atoms with van der Waals surface area (Å²) < 4.78 is 1.77. The molecule has 2 N–H and O–H groups in total. The van der Waals surface area contributed by atoms with Gasteiger partial charge in [-0.1, -0.05) is 0 Å². The van der Waals surface area contributed by atoms with E-state index in [1.54, 1.807) is 21.7 Å². The maximum atomic E-state index is 12.6. The second-order valence-corrected chi connectivity index (χ2v) is 5.94. The van der Waals surface area contributed by atoms with Gasteiger partial charge in [-0.3, -0.25) is 9.59 Å². The summed E-state index contributed by atoms with van der Waals surface area (Å²) in [4.78, 5) is 25.6. The molecule has 0 bridgehead atoms. The van der Waals surface area contributed by atoms with Gasteiger partial charge in [-0.15, -0.1) is 0 Å². The van der Waals surface area contributed by atoms with E-state index in [-0.39, 0.29) is 17.7 Å². The summed E-state index contributed by atoms with van der Waals surface area (Å²) >= 11 is 0. The van der Waals surface area contributed by atoms with Crippen LogP contribution in [0.1, 0.15) is 28.9 Å². The largest absolute Gasteiger partial charge is 0.369 e. The minimum Gasteiger partial charge on any atom is -0.369 e. The molecule has 1 atom stereocenters. The molecule has 1 aliphatic rings. The van der Waals surface area contributed by atoms with Crippen molar-refractivity contribution in [2.24, 2.45) is 11.7 Å². The third-order valence-electron chi connectivity index (χ3n) is 4.21. The Morgan fingerprint density at radius 2 is 1.96 bits per heavy atom. The van der Waals surface area contributed by atoms with Gasteiger partial charge in [0, 0.05) is 24.8 Å². The highest BCUT2D eigenvalue weighted by Gasteiger charge is 2.27. The lowest BCUT2D eigenvalue weighted by molar-refractivity contribution is -0.123. The zero-order chi connectivity index (χ0) is 16.4. The van der Waals surface area contributed by atoms with Crippen LogP contribution >= 0.6 is 0 Å². The molecule has 0 aliphatic carbocycles. The molecule has 1 aromatic carbocycles. The fraction of sp³-hybridized carbons (Fsp3) is 0.353. The van der Waals surface area contributed by atoms with Crippen LogP contribution in [0, 0.1) is 12.8 Å². The number of nitrogens with two attached hydrogens (primary N) is 1. The van der Waals surface area contributed by atoms with E-state index in [2.05, 4.69) is 5.10 Å². The zero-order valence-corrected chi connectivity index (χ0v) is 13.1. The quantitative estimate of drug-likeness (QED) is 0.933. The minimum absolute atomic E-state index is 0.0563. The van der Waals surface area contributed by atoms with Gasteiger partial charge >= 0.3 is 0 Å². The monoisotopic (exact) mass is 312 g/mol. The van der Waals surface area contributed by atoms with Gasteiger partial charge in [0.15, 0.2) is 0 Å². The van der Waals surface area contributed by atoms with Gasteiger partial charge in [0.25, 0.3) is 5.91 Å². The summed E-state index contributed by atoms with van der Waals surface area (Å²) in [5, 5.41) is 4.34. The molecule has 23 heavy (non-hydrogen) atoms. The van der Waals surface area contributed by atoms with Crippen LogP contribution in [-0.4, -0.2) is 39.6 Å². The van der Waals surface area contributed by atoms with Crippen molar-refractivity contribution in [2.75, 3.05) is 13.1 Å². The van der Waals surface area contributed by atoms with Gasteiger partial charge < -0.3 is 10.6 Å². The Labute approximate surface area is 134 Å². The van der Waals surface area contributed by atoms with Crippen LogP contribution in [0.15, 0.2) is 36.5 Å². The van der Waals surface area contributed by atoms with E-state index in [1.807, 2.05) is 31.3 Å². The average molecular weight is 312 g/mol. The minimum atomic E-state index is -0.327. The molecule has 1 fully saturated rings. The maximum absolute atomic E-state index is 12.6. The fourth-order valence-corrected chi connectivity index (χ4v) is 2.89. The molecule has 2 amide bonds. The molecule has 1 aliphatic heterocycles. The van der Waals surface area contributed by atoms with E-state index in [9.17, 15) is 9.59 Å². The van der Waals surface area contributed by atoms with Crippen molar-refractivity contribution in [3.05, 3.63) is 47.8 Å². The molecule has 0 radical (unpaired) electrons. The topological polar surface area (TPSA) is 81.2 Å². The lowest BCUT2D eigenvalue weighted by atomic mass is 9.97. The molecule has 6 nitrogen and oxygen atoms in total. The van der Waals surface area contributed by atoms with Crippen molar-refractivity contribution in [2.45, 2.75) is 19.8 Å². The van der Waals surface area contributed by atoms with Crippen LogP contribution in [0.3, 0.4) is 0 Å². The SMILES string of the molecule is Cc1ccn(-c2ccc(C(=O)N3CCC[C@H](C(N)=O)C3)cc2)n1. The molecule has 2 heterocycles. The molecule has 0 saturated carbocycles. The Kier molecular flexibility index (Phi) is 4.14. The van der Waals surface area contributed by atoms with Crippen molar-refractivity contribution < 1.29 is 9.59 Å². The van der Waals surface area contributed by atoms with Crippen molar-refractivity contribution >= 4 is 11.8 Å². The number of aryl methyl sites for hydroxylation is 1. The molecule has 0 spiro atoms.